The molecule has 1 heteroatoms. The van der Waals surface area contributed by atoms with Crippen LogP contribution < -0.4 is 4.90 Å². The molecule has 0 atom stereocenters. The van der Waals surface area contributed by atoms with Gasteiger partial charge in [-0.3, -0.25) is 0 Å². The standard InChI is InChI=1S/C45H45N/c1-28-18-22-40(30(3)24-28)46(41-23-19-29(2)25-31(41)4)42-27-39-43(35-16-12-11-15-34(35)42)36-26-32(5)44(6,7)37-17-13-10-14-33(37)20-21-38(36)45(39,8)9/h10-19,21-27H,5,20H2,1-4,6-9H3/b36-26+,38-21+. The Bertz CT molecular complexity index is 2080. The number of anilines is 3. The molecule has 7 rings (SSSR count). The van der Waals surface area contributed by atoms with Crippen LogP contribution in [0.4, 0.5) is 17.1 Å². The zero-order chi connectivity index (χ0) is 32.5. The van der Waals surface area contributed by atoms with Gasteiger partial charge in [-0.15, -0.1) is 0 Å². The van der Waals surface area contributed by atoms with Crippen LogP contribution in [0.2, 0.25) is 0 Å². The van der Waals surface area contributed by atoms with E-state index < -0.39 is 0 Å². The van der Waals surface area contributed by atoms with Crippen LogP contribution in [-0.4, -0.2) is 0 Å². The third-order valence-electron chi connectivity index (χ3n) is 10.7. The van der Waals surface area contributed by atoms with Gasteiger partial charge in [-0.1, -0.05) is 130 Å². The lowest BCUT2D eigenvalue weighted by Gasteiger charge is -2.32. The fourth-order valence-corrected chi connectivity index (χ4v) is 8.01. The normalized spacial score (nSPS) is 18.7. The predicted octanol–water partition coefficient (Wildman–Crippen LogP) is 12.2. The molecule has 5 aromatic rings. The van der Waals surface area contributed by atoms with Crippen molar-refractivity contribution in [3.05, 3.63) is 165 Å². The van der Waals surface area contributed by atoms with E-state index in [4.69, 9.17) is 6.58 Å². The van der Waals surface area contributed by atoms with Crippen LogP contribution in [0.5, 0.6) is 0 Å². The van der Waals surface area contributed by atoms with Gasteiger partial charge in [0.1, 0.15) is 0 Å². The van der Waals surface area contributed by atoms with E-state index in [-0.39, 0.29) is 10.8 Å². The Balaban J connectivity index is 1.55. The molecule has 1 nitrogen and oxygen atoms in total. The molecular weight excluding hydrogens is 555 g/mol. The first-order valence-electron chi connectivity index (χ1n) is 16.6. The summed E-state index contributed by atoms with van der Waals surface area (Å²) in [6.07, 6.45) is 5.80. The second-order valence-corrected chi connectivity index (χ2v) is 14.6. The summed E-state index contributed by atoms with van der Waals surface area (Å²) in [5.41, 5.74) is 17.7. The maximum absolute atomic E-state index is 4.72. The van der Waals surface area contributed by atoms with E-state index in [2.05, 4.69) is 163 Å². The van der Waals surface area contributed by atoms with Crippen molar-refractivity contribution in [3.63, 3.8) is 0 Å². The van der Waals surface area contributed by atoms with E-state index in [1.807, 2.05) is 0 Å². The molecule has 46 heavy (non-hydrogen) atoms. The van der Waals surface area contributed by atoms with Crippen molar-refractivity contribution in [3.8, 4) is 0 Å². The van der Waals surface area contributed by atoms with Gasteiger partial charge in [0.2, 0.25) is 0 Å². The lowest BCUT2D eigenvalue weighted by Crippen LogP contribution is -2.20. The molecule has 0 spiro atoms. The van der Waals surface area contributed by atoms with Gasteiger partial charge in [0.15, 0.2) is 0 Å². The Labute approximate surface area is 275 Å². The number of allylic oxidation sites excluding steroid dienone is 5. The van der Waals surface area contributed by atoms with Crippen molar-refractivity contribution in [2.24, 2.45) is 0 Å². The highest BCUT2D eigenvalue weighted by atomic mass is 15.1. The summed E-state index contributed by atoms with van der Waals surface area (Å²) in [5, 5.41) is 2.55. The van der Waals surface area contributed by atoms with E-state index in [0.717, 1.165) is 12.0 Å². The maximum atomic E-state index is 4.72. The predicted molar refractivity (Wildman–Crippen MR) is 199 cm³/mol. The molecule has 0 bridgehead atoms. The molecule has 0 heterocycles. The van der Waals surface area contributed by atoms with Crippen molar-refractivity contribution in [1.82, 2.24) is 0 Å². The third kappa shape index (κ3) is 4.59. The number of benzene rings is 5. The Morgan fingerprint density at radius 3 is 1.83 bits per heavy atom. The molecule has 0 fully saturated rings. The molecule has 0 radical (unpaired) electrons. The molecule has 2 aliphatic carbocycles. The van der Waals surface area contributed by atoms with Crippen LogP contribution in [0.3, 0.4) is 0 Å². The minimum atomic E-state index is -0.194. The molecule has 0 aromatic heterocycles. The van der Waals surface area contributed by atoms with E-state index in [9.17, 15) is 0 Å². The summed E-state index contributed by atoms with van der Waals surface area (Å²) in [6, 6.07) is 34.1. The van der Waals surface area contributed by atoms with E-state index >= 15 is 0 Å². The van der Waals surface area contributed by atoms with E-state index in [0.29, 0.717) is 0 Å². The summed E-state index contributed by atoms with van der Waals surface area (Å²) in [7, 11) is 0. The molecule has 5 aromatic carbocycles. The zero-order valence-corrected chi connectivity index (χ0v) is 28.7. The van der Waals surface area contributed by atoms with Gasteiger partial charge in [-0.2, -0.15) is 0 Å². The van der Waals surface area contributed by atoms with Crippen LogP contribution in [-0.2, 0) is 17.3 Å². The van der Waals surface area contributed by atoms with Crippen molar-refractivity contribution in [2.45, 2.75) is 72.6 Å². The first-order chi connectivity index (χ1) is 21.9. The van der Waals surface area contributed by atoms with Gasteiger partial charge >= 0.3 is 0 Å². The number of hydrogen-bond donors (Lipinski definition) is 0. The van der Waals surface area contributed by atoms with Crippen molar-refractivity contribution >= 4 is 33.4 Å². The molecular formula is C45H45N. The van der Waals surface area contributed by atoms with Crippen LogP contribution in [0, 0.1) is 27.7 Å². The fraction of sp³-hybridized carbons (Fsp3) is 0.244. The van der Waals surface area contributed by atoms with Gasteiger partial charge in [-0.25, -0.2) is 0 Å². The molecule has 0 saturated carbocycles. The Kier molecular flexibility index (Phi) is 7.01. The van der Waals surface area contributed by atoms with Crippen LogP contribution in [0.15, 0.2) is 121 Å². The minimum absolute atomic E-state index is 0.182. The first kappa shape index (κ1) is 30.1. The topological polar surface area (TPSA) is 3.24 Å². The summed E-state index contributed by atoms with van der Waals surface area (Å²) in [5.74, 6) is 0. The average molecular weight is 600 g/mol. The summed E-state index contributed by atoms with van der Waals surface area (Å²) < 4.78 is 0. The molecule has 230 valence electrons. The number of hydrogen-bond acceptors (Lipinski definition) is 1. The highest BCUT2D eigenvalue weighted by Gasteiger charge is 2.41. The number of nitrogens with zero attached hydrogens (tertiary/aromatic N) is 1. The summed E-state index contributed by atoms with van der Waals surface area (Å²) in [6.45, 7) is 23.0. The summed E-state index contributed by atoms with van der Waals surface area (Å²) in [4.78, 5) is 2.51. The van der Waals surface area contributed by atoms with Crippen LogP contribution in [0.25, 0.3) is 16.3 Å². The minimum Gasteiger partial charge on any atom is -0.309 e. The number of rotatable bonds is 3. The highest BCUT2D eigenvalue weighted by molar-refractivity contribution is 6.10. The number of aryl methyl sites for hydroxylation is 4. The fourth-order valence-electron chi connectivity index (χ4n) is 8.01. The first-order valence-corrected chi connectivity index (χ1v) is 16.6. The van der Waals surface area contributed by atoms with Crippen LogP contribution >= 0.6 is 0 Å². The lowest BCUT2D eigenvalue weighted by molar-refractivity contribution is 0.635. The van der Waals surface area contributed by atoms with Crippen molar-refractivity contribution < 1.29 is 0 Å². The molecule has 0 aliphatic heterocycles. The molecule has 2 aliphatic rings. The Morgan fingerprint density at radius 2 is 1.20 bits per heavy atom. The smallest absolute Gasteiger partial charge is 0.0543 e. The molecule has 0 unspecified atom stereocenters. The van der Waals surface area contributed by atoms with Gasteiger partial charge in [0.05, 0.1) is 5.69 Å². The van der Waals surface area contributed by atoms with Gasteiger partial charge in [0.25, 0.3) is 0 Å². The average Bonchev–Trinajstić information content (AvgIpc) is 3.24. The van der Waals surface area contributed by atoms with Gasteiger partial charge in [0, 0.05) is 27.6 Å². The van der Waals surface area contributed by atoms with E-state index in [1.165, 1.54) is 83.5 Å². The second kappa shape index (κ2) is 10.7. The SMILES string of the molecule is C=C1/C=C2\C(=C/Cc3ccccc3C1(C)C)C(C)(C)c1cc(N(c3ccc(C)cc3C)c3ccc(C)cc3C)c3ccccc3c12. The Hall–Kier alpha value is -4.62. The summed E-state index contributed by atoms with van der Waals surface area (Å²) >= 11 is 0. The second-order valence-electron chi connectivity index (χ2n) is 14.6. The molecule has 0 saturated heterocycles. The van der Waals surface area contributed by atoms with Crippen molar-refractivity contribution in [2.75, 3.05) is 4.90 Å². The highest BCUT2D eigenvalue weighted by Crippen LogP contribution is 2.56. The quantitative estimate of drug-likeness (QED) is 0.199. The maximum Gasteiger partial charge on any atom is 0.0543 e. The number of fused-ring (bicyclic) bond motifs is 6. The monoisotopic (exact) mass is 599 g/mol. The van der Waals surface area contributed by atoms with Crippen LogP contribution in [0.1, 0.15) is 72.2 Å². The molecule has 0 amide bonds. The Morgan fingerprint density at radius 1 is 0.609 bits per heavy atom. The largest absolute Gasteiger partial charge is 0.309 e. The van der Waals surface area contributed by atoms with Crippen molar-refractivity contribution in [1.29, 1.82) is 0 Å². The third-order valence-corrected chi connectivity index (χ3v) is 10.7. The van der Waals surface area contributed by atoms with Gasteiger partial charge < -0.3 is 4.90 Å². The van der Waals surface area contributed by atoms with Gasteiger partial charge in [-0.05, 0) is 108 Å². The molecule has 0 N–H and O–H groups in total. The zero-order valence-electron chi connectivity index (χ0n) is 28.7. The van der Waals surface area contributed by atoms with E-state index in [1.54, 1.807) is 0 Å². The lowest BCUT2D eigenvalue weighted by atomic mass is 9.75.